The average molecular weight is 783 g/mol. The monoisotopic (exact) mass is 782 g/mol. The molecule has 2 aliphatic rings. The molecular formula is C27H22N6O12S5. The molecule has 3 atom stereocenters. The number of aromatic nitrogens is 2. The minimum absolute atomic E-state index is 0.0330. The number of aromatic amines is 1. The number of carboxylic acid groups (broad SMARTS) is 3. The third-order valence-corrected chi connectivity index (χ3v) is 11.8. The standard InChI is InChI=1S/C27H22N6O12S5/c1-9(34)44-11-2-4-12(5-3-11)49-25(24(42)43)45-31-15(13-8-48-27(28)29-13)19(36)30-16-20(37)33-17(23(40)41)10(6-46-21(16)33)7-47-26-14(22(38)39)18(35)32-50-26/h2-5,8,16,21,25H,6-7H2,1H3,(H2,28,29)(H,30,36)(H,32,35)(H,38,39)(H,40,41)(H,42,43)/b31-15-/t16-,21+,25-/m1/s1. The Morgan fingerprint density at radius 3 is 2.48 bits per heavy atom. The highest BCUT2D eigenvalue weighted by Gasteiger charge is 2.54. The van der Waals surface area contributed by atoms with Gasteiger partial charge < -0.3 is 35.9 Å². The van der Waals surface area contributed by atoms with Crippen LogP contribution in [0.15, 0.2) is 60.0 Å². The van der Waals surface area contributed by atoms with Crippen molar-refractivity contribution < 1.29 is 53.7 Å². The SMILES string of the molecule is CC(=O)Oc1ccc(S[C@@H](O/N=C(\C(=O)N[C@@H]2C(=O)N3C(C(=O)O)=C(CSc4s[nH]c(=O)c4C(=O)O)CS[C@@H]23)c2csc(N)n2)C(=O)O)cc1. The van der Waals surface area contributed by atoms with E-state index in [1.807, 2.05) is 0 Å². The number of rotatable bonds is 14. The first-order valence-corrected chi connectivity index (χ1v) is 18.3. The maximum Gasteiger partial charge on any atom is 0.358 e. The summed E-state index contributed by atoms with van der Waals surface area (Å²) in [5, 5.41) is 35.9. The van der Waals surface area contributed by atoms with E-state index in [1.54, 1.807) is 0 Å². The van der Waals surface area contributed by atoms with Gasteiger partial charge in [0.2, 0.25) is 0 Å². The Kier molecular flexibility index (Phi) is 11.2. The quantitative estimate of drug-likeness (QED) is 0.0257. The van der Waals surface area contributed by atoms with E-state index >= 15 is 0 Å². The zero-order chi connectivity index (χ0) is 36.3. The summed E-state index contributed by atoms with van der Waals surface area (Å²) in [6, 6.07) is 4.64. The molecule has 2 amide bonds. The molecule has 0 radical (unpaired) electrons. The highest BCUT2D eigenvalue weighted by molar-refractivity contribution is 8.02. The molecule has 23 heteroatoms. The molecule has 1 aromatic carbocycles. The van der Waals surface area contributed by atoms with Crippen LogP contribution in [0.4, 0.5) is 5.13 Å². The maximum absolute atomic E-state index is 13.5. The van der Waals surface area contributed by atoms with Gasteiger partial charge in [0.15, 0.2) is 16.4 Å². The number of ether oxygens (including phenoxy) is 1. The second-order valence-electron chi connectivity index (χ2n) is 9.88. The number of hydrogen-bond acceptors (Lipinski definition) is 17. The van der Waals surface area contributed by atoms with Gasteiger partial charge in [-0.2, -0.15) is 0 Å². The van der Waals surface area contributed by atoms with Crippen LogP contribution in [0.3, 0.4) is 0 Å². The molecule has 0 unspecified atom stereocenters. The van der Waals surface area contributed by atoms with Crippen LogP contribution in [0.5, 0.6) is 5.75 Å². The summed E-state index contributed by atoms with van der Waals surface area (Å²) in [6.45, 7) is 1.23. The number of carbonyl (C=O) groups is 6. The number of benzene rings is 1. The smallest absolute Gasteiger partial charge is 0.358 e. The summed E-state index contributed by atoms with van der Waals surface area (Å²) in [5.74, 6) is -6.29. The van der Waals surface area contributed by atoms with E-state index < -0.39 is 69.4 Å². The fourth-order valence-electron chi connectivity index (χ4n) is 4.42. The first kappa shape index (κ1) is 36.4. The summed E-state index contributed by atoms with van der Waals surface area (Å²) in [5.41, 5.74) is 2.20. The van der Waals surface area contributed by atoms with Crippen LogP contribution < -0.4 is 21.3 Å². The number of anilines is 1. The highest BCUT2D eigenvalue weighted by atomic mass is 32.2. The lowest BCUT2D eigenvalue weighted by atomic mass is 10.0. The highest BCUT2D eigenvalue weighted by Crippen LogP contribution is 2.42. The minimum Gasteiger partial charge on any atom is -0.478 e. The second kappa shape index (κ2) is 15.4. The molecule has 262 valence electrons. The van der Waals surface area contributed by atoms with Crippen LogP contribution in [0, 0.1) is 0 Å². The van der Waals surface area contributed by atoms with Gasteiger partial charge in [0.05, 0.1) is 4.21 Å². The molecule has 5 rings (SSSR count). The van der Waals surface area contributed by atoms with Gasteiger partial charge in [0, 0.05) is 28.7 Å². The Morgan fingerprint density at radius 2 is 1.88 bits per heavy atom. The van der Waals surface area contributed by atoms with Crippen molar-refractivity contribution in [3.63, 3.8) is 0 Å². The summed E-state index contributed by atoms with van der Waals surface area (Å²) in [7, 11) is 0. The normalized spacial score (nSPS) is 17.7. The van der Waals surface area contributed by atoms with Gasteiger partial charge in [-0.25, -0.2) is 19.4 Å². The number of amides is 2. The van der Waals surface area contributed by atoms with E-state index in [0.717, 1.165) is 51.3 Å². The number of nitrogens with two attached hydrogens (primary N) is 1. The summed E-state index contributed by atoms with van der Waals surface area (Å²) in [4.78, 5) is 96.2. The number of aliphatic carboxylic acids is 2. The Balaban J connectivity index is 1.31. The van der Waals surface area contributed by atoms with Crippen LogP contribution in [0.1, 0.15) is 23.0 Å². The van der Waals surface area contributed by atoms with E-state index in [9.17, 15) is 48.9 Å². The lowest BCUT2D eigenvalue weighted by molar-refractivity contribution is -0.150. The van der Waals surface area contributed by atoms with Gasteiger partial charge in [-0.3, -0.25) is 28.5 Å². The number of aromatic carboxylic acids is 1. The van der Waals surface area contributed by atoms with E-state index in [2.05, 4.69) is 19.8 Å². The predicted octanol–water partition coefficient (Wildman–Crippen LogP) is 1.55. The van der Waals surface area contributed by atoms with Gasteiger partial charge in [0.1, 0.15) is 28.6 Å². The third-order valence-electron chi connectivity index (χ3n) is 6.54. The number of thioether (sulfide) groups is 3. The molecule has 0 saturated carbocycles. The lowest BCUT2D eigenvalue weighted by Crippen LogP contribution is -2.71. The number of oxime groups is 1. The number of esters is 1. The van der Waals surface area contributed by atoms with Crippen molar-refractivity contribution in [3.05, 3.63) is 62.5 Å². The molecule has 0 bridgehead atoms. The molecule has 50 heavy (non-hydrogen) atoms. The molecule has 7 N–H and O–H groups in total. The average Bonchev–Trinajstić information content (AvgIpc) is 3.66. The van der Waals surface area contributed by atoms with E-state index in [0.29, 0.717) is 22.2 Å². The van der Waals surface area contributed by atoms with Crippen LogP contribution in [-0.4, -0.2) is 99.3 Å². The van der Waals surface area contributed by atoms with E-state index in [-0.39, 0.29) is 38.0 Å². The predicted molar refractivity (Wildman–Crippen MR) is 181 cm³/mol. The molecule has 0 spiro atoms. The number of hydrogen-bond donors (Lipinski definition) is 6. The van der Waals surface area contributed by atoms with E-state index in [4.69, 9.17) is 15.3 Å². The Morgan fingerprint density at radius 1 is 1.16 bits per heavy atom. The van der Waals surface area contributed by atoms with Crippen molar-refractivity contribution in [2.45, 2.75) is 32.9 Å². The van der Waals surface area contributed by atoms with Crippen molar-refractivity contribution in [1.29, 1.82) is 0 Å². The summed E-state index contributed by atoms with van der Waals surface area (Å²) < 4.78 is 7.43. The molecule has 2 aromatic heterocycles. The van der Waals surface area contributed by atoms with Gasteiger partial charge in [0.25, 0.3) is 22.8 Å². The molecular weight excluding hydrogens is 761 g/mol. The topological polar surface area (TPSA) is 281 Å². The number of β-lactam (4-membered cyclic amide) rings is 1. The lowest BCUT2D eigenvalue weighted by Gasteiger charge is -2.49. The molecule has 0 aliphatic carbocycles. The van der Waals surface area contributed by atoms with Gasteiger partial charge >= 0.3 is 23.9 Å². The zero-order valence-electron chi connectivity index (χ0n) is 25.0. The van der Waals surface area contributed by atoms with Gasteiger partial charge in [-0.1, -0.05) is 28.5 Å². The fourth-order valence-corrected chi connectivity index (χ4v) is 9.15. The molecule has 1 saturated heterocycles. The van der Waals surface area contributed by atoms with E-state index in [1.165, 1.54) is 36.6 Å². The number of carbonyl (C=O) groups excluding carboxylic acids is 3. The van der Waals surface area contributed by atoms with Crippen LogP contribution in [-0.2, 0) is 28.8 Å². The minimum atomic E-state index is -1.67. The van der Waals surface area contributed by atoms with Crippen molar-refractivity contribution in [1.82, 2.24) is 19.6 Å². The van der Waals surface area contributed by atoms with Gasteiger partial charge in [-0.05, 0) is 29.8 Å². The Bertz CT molecular complexity index is 2010. The molecule has 2 aliphatic heterocycles. The van der Waals surface area contributed by atoms with Crippen molar-refractivity contribution in [2.24, 2.45) is 5.16 Å². The molecule has 3 aromatic rings. The fraction of sp³-hybridized carbons (Fsp3) is 0.222. The van der Waals surface area contributed by atoms with Crippen molar-refractivity contribution in [3.8, 4) is 5.75 Å². The Hall–Kier alpha value is -4.84. The molecule has 1 fully saturated rings. The van der Waals surface area contributed by atoms with Crippen LogP contribution in [0.25, 0.3) is 0 Å². The number of carboxylic acids is 3. The number of nitrogens with zero attached hydrogens (tertiary/aromatic N) is 3. The Labute approximate surface area is 300 Å². The number of fused-ring (bicyclic) bond motifs is 1. The zero-order valence-corrected chi connectivity index (χ0v) is 29.1. The number of nitrogen functional groups attached to an aromatic ring is 1. The third kappa shape index (κ3) is 7.96. The van der Waals surface area contributed by atoms with Crippen molar-refractivity contribution >= 4 is 105 Å². The summed E-state index contributed by atoms with van der Waals surface area (Å²) >= 11 is 4.55. The van der Waals surface area contributed by atoms with Gasteiger partial charge in [-0.15, -0.1) is 34.9 Å². The number of thiazole rings is 1. The molecule has 18 nitrogen and oxygen atoms in total. The first-order valence-electron chi connectivity index (χ1n) is 13.7. The van der Waals surface area contributed by atoms with Crippen molar-refractivity contribution in [2.75, 3.05) is 17.2 Å². The first-order chi connectivity index (χ1) is 23.7. The maximum atomic E-state index is 13.5. The van der Waals surface area contributed by atoms with Crippen LogP contribution >= 0.6 is 58.2 Å². The number of nitrogens with one attached hydrogen (secondary N) is 2. The molecule has 4 heterocycles. The van der Waals surface area contributed by atoms with Crippen LogP contribution in [0.2, 0.25) is 0 Å². The summed E-state index contributed by atoms with van der Waals surface area (Å²) in [6.07, 6.45) is 0. The largest absolute Gasteiger partial charge is 0.478 e. The number of H-pyrrole nitrogens is 1. The second-order valence-corrected chi connectivity index (χ2v) is 15.1.